The zero-order valence-corrected chi connectivity index (χ0v) is 12.3. The number of halogens is 1. The molecule has 0 saturated carbocycles. The van der Waals surface area contributed by atoms with Gasteiger partial charge in [-0.3, -0.25) is 14.7 Å². The maximum Gasteiger partial charge on any atom is 0.352 e. The Bertz CT molecular complexity index is 497. The second-order valence-corrected chi connectivity index (χ2v) is 5.42. The lowest BCUT2D eigenvalue weighted by Gasteiger charge is -2.47. The Balaban J connectivity index is 0.00000180. The lowest BCUT2D eigenvalue weighted by molar-refractivity contribution is -0.147. The number of rotatable bonds is 3. The molecule has 2 heterocycles. The van der Waals surface area contributed by atoms with E-state index in [2.05, 4.69) is 11.6 Å². The van der Waals surface area contributed by atoms with Gasteiger partial charge in [-0.05, 0) is 19.4 Å². The minimum Gasteiger partial charge on any atom is -0.477 e. The molecule has 5 nitrogen and oxygen atoms in total. The molecule has 1 N–H and O–H groups in total. The highest BCUT2D eigenvalue weighted by Crippen LogP contribution is 2.41. The molecular weight excluding hydrogens is 288 g/mol. The van der Waals surface area contributed by atoms with Gasteiger partial charge in [0.2, 0.25) is 0 Å². The second kappa shape index (κ2) is 5.79. The number of carbonyl (C=O) groups excluding carboxylic acids is 1. The molecular formula is C12H15ClN2O3S. The summed E-state index contributed by atoms with van der Waals surface area (Å²) in [6.07, 6.45) is 1.50. The molecule has 2 rings (SSSR count). The van der Waals surface area contributed by atoms with Crippen molar-refractivity contribution in [1.29, 1.82) is 0 Å². The highest BCUT2D eigenvalue weighted by Gasteiger charge is 2.53. The first kappa shape index (κ1) is 15.8. The number of aliphatic carboxylic acids is 1. The number of hydrogen-bond acceptors (Lipinski definition) is 4. The monoisotopic (exact) mass is 302 g/mol. The number of thioether (sulfide) groups is 1. The van der Waals surface area contributed by atoms with Crippen LogP contribution in [-0.4, -0.2) is 44.8 Å². The first-order chi connectivity index (χ1) is 8.47. The van der Waals surface area contributed by atoms with Crippen LogP contribution in [0.15, 0.2) is 28.9 Å². The van der Waals surface area contributed by atoms with Crippen LogP contribution in [0.1, 0.15) is 13.8 Å². The van der Waals surface area contributed by atoms with Crippen LogP contribution >= 0.6 is 24.2 Å². The van der Waals surface area contributed by atoms with E-state index in [1.807, 2.05) is 13.8 Å². The van der Waals surface area contributed by atoms with E-state index < -0.39 is 12.0 Å². The molecule has 0 aromatic heterocycles. The first-order valence-corrected chi connectivity index (χ1v) is 6.56. The number of nitrogens with zero attached hydrogens (tertiary/aromatic N) is 2. The van der Waals surface area contributed by atoms with Crippen LogP contribution in [0.3, 0.4) is 0 Å². The summed E-state index contributed by atoms with van der Waals surface area (Å²) >= 11 is 1.53. The lowest BCUT2D eigenvalue weighted by Crippen LogP contribution is -2.64. The molecule has 0 bridgehead atoms. The zero-order chi connectivity index (χ0) is 13.4. The van der Waals surface area contributed by atoms with E-state index in [9.17, 15) is 14.7 Å². The molecule has 1 unspecified atom stereocenters. The van der Waals surface area contributed by atoms with Gasteiger partial charge in [-0.15, -0.1) is 24.2 Å². The molecule has 19 heavy (non-hydrogen) atoms. The van der Waals surface area contributed by atoms with Crippen LogP contribution in [-0.2, 0) is 9.59 Å². The van der Waals surface area contributed by atoms with Crippen molar-refractivity contribution in [1.82, 2.24) is 4.90 Å². The first-order valence-electron chi connectivity index (χ1n) is 5.52. The molecule has 2 aliphatic heterocycles. The molecule has 1 saturated heterocycles. The average molecular weight is 303 g/mol. The molecule has 104 valence electrons. The van der Waals surface area contributed by atoms with E-state index in [0.29, 0.717) is 11.3 Å². The SMILES string of the molecule is C=CC1=C(C(=O)O)N2C(=O)C(N=C(C)C)[C@H]2SC1.Cl. The highest BCUT2D eigenvalue weighted by atomic mass is 35.5. The maximum absolute atomic E-state index is 12.0. The predicted molar refractivity (Wildman–Crippen MR) is 77.8 cm³/mol. The van der Waals surface area contributed by atoms with Crippen LogP contribution in [0.25, 0.3) is 0 Å². The Morgan fingerprint density at radius 3 is 2.68 bits per heavy atom. The fourth-order valence-electron chi connectivity index (χ4n) is 2.04. The number of β-lactam (4-membered cyclic amide) rings is 1. The van der Waals surface area contributed by atoms with Crippen molar-refractivity contribution in [2.24, 2.45) is 4.99 Å². The third kappa shape index (κ3) is 2.55. The van der Waals surface area contributed by atoms with Gasteiger partial charge in [0.15, 0.2) is 6.04 Å². The minimum absolute atomic E-state index is 0. The van der Waals surface area contributed by atoms with Crippen molar-refractivity contribution in [3.8, 4) is 0 Å². The Labute approximate surface area is 121 Å². The van der Waals surface area contributed by atoms with Crippen molar-refractivity contribution < 1.29 is 14.7 Å². The summed E-state index contributed by atoms with van der Waals surface area (Å²) in [6.45, 7) is 7.24. The summed E-state index contributed by atoms with van der Waals surface area (Å²) in [4.78, 5) is 28.8. The molecule has 7 heteroatoms. The Morgan fingerprint density at radius 1 is 1.58 bits per heavy atom. The van der Waals surface area contributed by atoms with Gasteiger partial charge < -0.3 is 5.11 Å². The topological polar surface area (TPSA) is 70.0 Å². The summed E-state index contributed by atoms with van der Waals surface area (Å²) in [7, 11) is 0. The number of fused-ring (bicyclic) bond motifs is 1. The van der Waals surface area contributed by atoms with Crippen LogP contribution < -0.4 is 0 Å². The van der Waals surface area contributed by atoms with Gasteiger partial charge in [0.05, 0.1) is 0 Å². The molecule has 0 radical (unpaired) electrons. The van der Waals surface area contributed by atoms with E-state index in [-0.39, 0.29) is 29.4 Å². The Morgan fingerprint density at radius 2 is 2.21 bits per heavy atom. The van der Waals surface area contributed by atoms with Crippen LogP contribution in [0, 0.1) is 0 Å². The molecule has 0 aliphatic carbocycles. The fraction of sp³-hybridized carbons (Fsp3) is 0.417. The largest absolute Gasteiger partial charge is 0.477 e. The van der Waals surface area contributed by atoms with Crippen molar-refractivity contribution in [2.45, 2.75) is 25.3 Å². The van der Waals surface area contributed by atoms with E-state index in [4.69, 9.17) is 0 Å². The van der Waals surface area contributed by atoms with E-state index in [1.165, 1.54) is 22.7 Å². The molecule has 2 atom stereocenters. The summed E-state index contributed by atoms with van der Waals surface area (Å²) < 4.78 is 0. The van der Waals surface area contributed by atoms with Gasteiger partial charge in [0, 0.05) is 11.5 Å². The smallest absolute Gasteiger partial charge is 0.352 e. The number of allylic oxidation sites excluding steroid dienone is 1. The fourth-order valence-corrected chi connectivity index (χ4v) is 3.37. The quantitative estimate of drug-likeness (QED) is 0.636. The Hall–Kier alpha value is -1.27. The van der Waals surface area contributed by atoms with Crippen LogP contribution in [0.4, 0.5) is 0 Å². The summed E-state index contributed by atoms with van der Waals surface area (Å²) in [5.41, 5.74) is 1.47. The Kier molecular flexibility index (Phi) is 4.81. The minimum atomic E-state index is -1.08. The zero-order valence-electron chi connectivity index (χ0n) is 10.6. The van der Waals surface area contributed by atoms with Crippen LogP contribution in [0.5, 0.6) is 0 Å². The van der Waals surface area contributed by atoms with Gasteiger partial charge in [0.1, 0.15) is 11.1 Å². The van der Waals surface area contributed by atoms with Crippen molar-refractivity contribution in [2.75, 3.05) is 5.75 Å². The number of amides is 1. The maximum atomic E-state index is 12.0. The standard InChI is InChI=1S/C12H14N2O3S.ClH/c1-4-7-5-18-11-8(13-6(2)3)10(15)14(11)9(7)12(16)17;/h4,8,11H,1,5H2,2-3H3,(H,16,17);1H/t8?,11-;/m1./s1. The van der Waals surface area contributed by atoms with Gasteiger partial charge in [-0.2, -0.15) is 0 Å². The molecule has 2 aliphatic rings. The number of carboxylic acid groups (broad SMARTS) is 1. The number of hydrogen-bond donors (Lipinski definition) is 1. The van der Waals surface area contributed by atoms with Crippen LogP contribution in [0.2, 0.25) is 0 Å². The number of aliphatic imine (C=N–C) groups is 1. The van der Waals surface area contributed by atoms with E-state index in [0.717, 1.165) is 5.71 Å². The molecule has 1 fully saturated rings. The number of carbonyl (C=O) groups is 2. The van der Waals surface area contributed by atoms with Crippen molar-refractivity contribution in [3.63, 3.8) is 0 Å². The van der Waals surface area contributed by atoms with E-state index in [1.54, 1.807) is 0 Å². The molecule has 0 aromatic carbocycles. The van der Waals surface area contributed by atoms with E-state index >= 15 is 0 Å². The van der Waals surface area contributed by atoms with Gasteiger partial charge in [0.25, 0.3) is 5.91 Å². The third-order valence-corrected chi connectivity index (χ3v) is 4.10. The normalized spacial score (nSPS) is 24.9. The van der Waals surface area contributed by atoms with Crippen molar-refractivity contribution in [3.05, 3.63) is 23.9 Å². The third-order valence-electron chi connectivity index (χ3n) is 2.82. The molecule has 0 spiro atoms. The molecule has 0 aromatic rings. The van der Waals surface area contributed by atoms with Crippen molar-refractivity contribution >= 4 is 41.8 Å². The summed E-state index contributed by atoms with van der Waals surface area (Å²) in [6, 6.07) is -0.444. The van der Waals surface area contributed by atoms with Gasteiger partial charge >= 0.3 is 5.97 Å². The summed E-state index contributed by atoms with van der Waals surface area (Å²) in [5, 5.41) is 9.01. The summed E-state index contributed by atoms with van der Waals surface area (Å²) in [5.74, 6) is -0.779. The average Bonchev–Trinajstić information content (AvgIpc) is 2.33. The lowest BCUT2D eigenvalue weighted by atomic mass is 10.0. The predicted octanol–water partition coefficient (Wildman–Crippen LogP) is 1.70. The number of carboxylic acids is 1. The second-order valence-electron chi connectivity index (χ2n) is 4.31. The highest BCUT2D eigenvalue weighted by molar-refractivity contribution is 8.00. The van der Waals surface area contributed by atoms with Gasteiger partial charge in [-0.1, -0.05) is 12.7 Å². The van der Waals surface area contributed by atoms with Gasteiger partial charge in [-0.25, -0.2) is 4.79 Å². The molecule has 1 amide bonds.